The number of pyridine rings is 1. The van der Waals surface area contributed by atoms with Crippen molar-refractivity contribution in [1.82, 2.24) is 24.6 Å². The average Bonchev–Trinajstić information content (AvgIpc) is 2.84. The quantitative estimate of drug-likeness (QED) is 0.787. The summed E-state index contributed by atoms with van der Waals surface area (Å²) in [6.07, 6.45) is 7.34. The van der Waals surface area contributed by atoms with Crippen LogP contribution in [0.5, 0.6) is 0 Å². The topological polar surface area (TPSA) is 71.3 Å². The Kier molecular flexibility index (Phi) is 5.52. The van der Waals surface area contributed by atoms with Gasteiger partial charge in [-0.3, -0.25) is 14.6 Å². The van der Waals surface area contributed by atoms with Crippen molar-refractivity contribution >= 4 is 5.91 Å². The fourth-order valence-corrected chi connectivity index (χ4v) is 4.18. The summed E-state index contributed by atoms with van der Waals surface area (Å²) in [6, 6.07) is 7.46. The summed E-state index contributed by atoms with van der Waals surface area (Å²) in [5.41, 5.74) is 1.68. The van der Waals surface area contributed by atoms with Gasteiger partial charge in [-0.25, -0.2) is 4.68 Å². The number of amides is 1. The van der Waals surface area contributed by atoms with Crippen molar-refractivity contribution in [1.29, 1.82) is 0 Å². The summed E-state index contributed by atoms with van der Waals surface area (Å²) >= 11 is 0. The molecular weight excluding hydrogens is 354 g/mol. The Hall–Kier alpha value is -2.54. The first-order chi connectivity index (χ1) is 13.6. The number of hydrogen-bond acceptors (Lipinski definition) is 5. The molecule has 0 bridgehead atoms. The van der Waals surface area contributed by atoms with Gasteiger partial charge in [0.25, 0.3) is 5.56 Å². The van der Waals surface area contributed by atoms with Crippen molar-refractivity contribution in [2.45, 2.75) is 38.3 Å². The third-order valence-electron chi connectivity index (χ3n) is 5.89. The van der Waals surface area contributed by atoms with Gasteiger partial charge in [-0.05, 0) is 31.0 Å². The molecule has 7 heteroatoms. The van der Waals surface area contributed by atoms with Crippen LogP contribution in [0.2, 0.25) is 0 Å². The SMILES string of the molecule is CN1C(=O)CCCCC1CN1CC(Cn2nc(-c3ccncc3)ccc2=O)C1. The van der Waals surface area contributed by atoms with Crippen LogP contribution in [0.25, 0.3) is 11.3 Å². The molecule has 0 aliphatic carbocycles. The molecule has 7 nitrogen and oxygen atoms in total. The molecule has 2 saturated heterocycles. The van der Waals surface area contributed by atoms with Crippen molar-refractivity contribution in [3.63, 3.8) is 0 Å². The summed E-state index contributed by atoms with van der Waals surface area (Å²) in [7, 11) is 1.93. The van der Waals surface area contributed by atoms with E-state index in [1.165, 1.54) is 0 Å². The number of hydrogen-bond donors (Lipinski definition) is 0. The third-order valence-corrected chi connectivity index (χ3v) is 5.89. The third kappa shape index (κ3) is 4.14. The molecule has 1 amide bonds. The average molecular weight is 381 g/mol. The first-order valence-electron chi connectivity index (χ1n) is 10.1. The van der Waals surface area contributed by atoms with Gasteiger partial charge < -0.3 is 9.80 Å². The summed E-state index contributed by atoms with van der Waals surface area (Å²) in [5, 5.41) is 4.54. The van der Waals surface area contributed by atoms with E-state index in [0.29, 0.717) is 24.9 Å². The zero-order chi connectivity index (χ0) is 19.5. The zero-order valence-corrected chi connectivity index (χ0v) is 16.3. The molecule has 4 rings (SSSR count). The molecule has 2 aromatic heterocycles. The van der Waals surface area contributed by atoms with Crippen molar-refractivity contribution in [2.75, 3.05) is 26.7 Å². The summed E-state index contributed by atoms with van der Waals surface area (Å²) in [5.74, 6) is 0.688. The highest BCUT2D eigenvalue weighted by molar-refractivity contribution is 5.76. The first-order valence-corrected chi connectivity index (χ1v) is 10.1. The van der Waals surface area contributed by atoms with E-state index in [1.54, 1.807) is 29.2 Å². The van der Waals surface area contributed by atoms with Crippen LogP contribution in [0.3, 0.4) is 0 Å². The van der Waals surface area contributed by atoms with E-state index < -0.39 is 0 Å². The Morgan fingerprint density at radius 1 is 1.04 bits per heavy atom. The molecule has 2 aromatic rings. The minimum atomic E-state index is -0.0645. The van der Waals surface area contributed by atoms with Crippen LogP contribution in [0.15, 0.2) is 41.5 Å². The molecule has 0 radical (unpaired) electrons. The van der Waals surface area contributed by atoms with Crippen molar-refractivity contribution in [2.24, 2.45) is 5.92 Å². The highest BCUT2D eigenvalue weighted by atomic mass is 16.2. The minimum absolute atomic E-state index is 0.0645. The van der Waals surface area contributed by atoms with Gasteiger partial charge in [-0.15, -0.1) is 0 Å². The Morgan fingerprint density at radius 3 is 2.61 bits per heavy atom. The normalized spacial score (nSPS) is 21.4. The molecule has 2 aliphatic rings. The van der Waals surface area contributed by atoms with Gasteiger partial charge in [0, 0.05) is 69.1 Å². The molecule has 0 saturated carbocycles. The van der Waals surface area contributed by atoms with E-state index in [1.807, 2.05) is 24.1 Å². The lowest BCUT2D eigenvalue weighted by molar-refractivity contribution is -0.132. The molecule has 0 aromatic carbocycles. The Morgan fingerprint density at radius 2 is 1.82 bits per heavy atom. The Labute approximate surface area is 165 Å². The second-order valence-corrected chi connectivity index (χ2v) is 7.96. The molecular formula is C21H27N5O2. The number of likely N-dealkylation sites (tertiary alicyclic amines) is 2. The van der Waals surface area contributed by atoms with Crippen LogP contribution in [0.1, 0.15) is 25.7 Å². The fourth-order valence-electron chi connectivity index (χ4n) is 4.18. The maximum atomic E-state index is 12.2. The molecule has 1 atom stereocenters. The number of nitrogens with zero attached hydrogens (tertiary/aromatic N) is 5. The predicted molar refractivity (Wildman–Crippen MR) is 107 cm³/mol. The standard InChI is InChI=1S/C21H27N5O2/c1-24-18(4-2-3-5-20(24)27)15-25-12-16(13-25)14-26-21(28)7-6-19(23-26)17-8-10-22-11-9-17/h6-11,16,18H,2-5,12-15H2,1H3. The Bertz CT molecular complexity index is 876. The summed E-state index contributed by atoms with van der Waals surface area (Å²) < 4.78 is 1.58. The van der Waals surface area contributed by atoms with Gasteiger partial charge in [0.1, 0.15) is 0 Å². The smallest absolute Gasteiger partial charge is 0.266 e. The fraction of sp³-hybridized carbons (Fsp3) is 0.524. The molecule has 148 valence electrons. The van der Waals surface area contributed by atoms with Crippen LogP contribution in [0.4, 0.5) is 0 Å². The summed E-state index contributed by atoms with van der Waals surface area (Å²) in [4.78, 5) is 32.6. The maximum Gasteiger partial charge on any atom is 0.266 e. The second-order valence-electron chi connectivity index (χ2n) is 7.96. The van der Waals surface area contributed by atoms with Gasteiger partial charge in [0.15, 0.2) is 0 Å². The van der Waals surface area contributed by atoms with Crippen LogP contribution >= 0.6 is 0 Å². The monoisotopic (exact) mass is 381 g/mol. The van der Waals surface area contributed by atoms with Crippen molar-refractivity contribution in [3.8, 4) is 11.3 Å². The minimum Gasteiger partial charge on any atom is -0.341 e. The van der Waals surface area contributed by atoms with E-state index in [2.05, 4.69) is 15.0 Å². The van der Waals surface area contributed by atoms with Crippen LogP contribution < -0.4 is 5.56 Å². The van der Waals surface area contributed by atoms with E-state index in [-0.39, 0.29) is 11.5 Å². The predicted octanol–water partition coefficient (Wildman–Crippen LogP) is 1.64. The molecule has 2 fully saturated rings. The Balaban J connectivity index is 1.34. The number of likely N-dealkylation sites (N-methyl/N-ethyl adjacent to an activating group) is 1. The van der Waals surface area contributed by atoms with Crippen LogP contribution in [-0.4, -0.2) is 63.2 Å². The van der Waals surface area contributed by atoms with Gasteiger partial charge in [-0.2, -0.15) is 5.10 Å². The number of aromatic nitrogens is 3. The van der Waals surface area contributed by atoms with Crippen LogP contribution in [0, 0.1) is 5.92 Å². The molecule has 28 heavy (non-hydrogen) atoms. The number of rotatable bonds is 5. The van der Waals surface area contributed by atoms with E-state index in [4.69, 9.17) is 0 Å². The molecule has 0 spiro atoms. The molecule has 1 unspecified atom stereocenters. The van der Waals surface area contributed by atoms with Crippen LogP contribution in [-0.2, 0) is 11.3 Å². The number of carbonyl (C=O) groups is 1. The molecule has 2 aliphatic heterocycles. The van der Waals surface area contributed by atoms with E-state index in [0.717, 1.165) is 50.2 Å². The van der Waals surface area contributed by atoms with Gasteiger partial charge in [-0.1, -0.05) is 6.42 Å². The zero-order valence-electron chi connectivity index (χ0n) is 16.3. The van der Waals surface area contributed by atoms with E-state index in [9.17, 15) is 9.59 Å². The highest BCUT2D eigenvalue weighted by Crippen LogP contribution is 2.22. The lowest BCUT2D eigenvalue weighted by Crippen LogP contribution is -2.54. The first kappa shape index (κ1) is 18.8. The highest BCUT2D eigenvalue weighted by Gasteiger charge is 2.32. The van der Waals surface area contributed by atoms with Gasteiger partial charge in [0.2, 0.25) is 5.91 Å². The van der Waals surface area contributed by atoms with Gasteiger partial charge >= 0.3 is 0 Å². The largest absolute Gasteiger partial charge is 0.341 e. The number of carbonyl (C=O) groups excluding carboxylic acids is 1. The van der Waals surface area contributed by atoms with Crippen molar-refractivity contribution in [3.05, 3.63) is 47.0 Å². The maximum absolute atomic E-state index is 12.2. The summed E-state index contributed by atoms with van der Waals surface area (Å²) in [6.45, 7) is 3.46. The lowest BCUT2D eigenvalue weighted by atomic mass is 9.98. The molecule has 4 heterocycles. The van der Waals surface area contributed by atoms with Gasteiger partial charge in [0.05, 0.1) is 12.2 Å². The second kappa shape index (κ2) is 8.22. The van der Waals surface area contributed by atoms with Crippen molar-refractivity contribution < 1.29 is 4.79 Å². The van der Waals surface area contributed by atoms with E-state index >= 15 is 0 Å². The molecule has 0 N–H and O–H groups in total. The lowest BCUT2D eigenvalue weighted by Gasteiger charge is -2.42.